The SMILES string of the molecule is O=C(O)c1ccc(CSc2ccc3c(c2)CCC3)c(Cl)c1. The summed E-state index contributed by atoms with van der Waals surface area (Å²) in [6.07, 6.45) is 3.63. The number of thioether (sulfide) groups is 1. The smallest absolute Gasteiger partial charge is 0.335 e. The van der Waals surface area contributed by atoms with Gasteiger partial charge in [0.2, 0.25) is 0 Å². The van der Waals surface area contributed by atoms with Gasteiger partial charge in [0.15, 0.2) is 0 Å². The summed E-state index contributed by atoms with van der Waals surface area (Å²) >= 11 is 7.89. The van der Waals surface area contributed by atoms with Crippen molar-refractivity contribution in [2.75, 3.05) is 0 Å². The molecule has 0 aromatic heterocycles. The predicted molar refractivity (Wildman–Crippen MR) is 86.4 cm³/mol. The van der Waals surface area contributed by atoms with Crippen LogP contribution in [0.1, 0.15) is 33.5 Å². The normalized spacial score (nSPS) is 13.2. The Morgan fingerprint density at radius 3 is 2.71 bits per heavy atom. The molecule has 0 aliphatic heterocycles. The lowest BCUT2D eigenvalue weighted by atomic mass is 10.1. The van der Waals surface area contributed by atoms with Crippen molar-refractivity contribution >= 4 is 29.3 Å². The van der Waals surface area contributed by atoms with Crippen LogP contribution in [-0.2, 0) is 18.6 Å². The molecular formula is C17H15ClO2S. The molecule has 2 aromatic rings. The van der Waals surface area contributed by atoms with E-state index in [1.54, 1.807) is 23.9 Å². The zero-order valence-corrected chi connectivity index (χ0v) is 13.0. The van der Waals surface area contributed by atoms with Crippen LogP contribution in [0.2, 0.25) is 5.02 Å². The summed E-state index contributed by atoms with van der Waals surface area (Å²) in [6.45, 7) is 0. The van der Waals surface area contributed by atoms with Crippen LogP contribution in [0.25, 0.3) is 0 Å². The van der Waals surface area contributed by atoms with Crippen molar-refractivity contribution < 1.29 is 9.90 Å². The van der Waals surface area contributed by atoms with Crippen LogP contribution in [0.4, 0.5) is 0 Å². The van der Waals surface area contributed by atoms with Crippen LogP contribution in [0.3, 0.4) is 0 Å². The lowest BCUT2D eigenvalue weighted by Crippen LogP contribution is -1.96. The van der Waals surface area contributed by atoms with Crippen LogP contribution in [0, 0.1) is 0 Å². The van der Waals surface area contributed by atoms with Gasteiger partial charge < -0.3 is 5.11 Å². The van der Waals surface area contributed by atoms with Gasteiger partial charge >= 0.3 is 5.97 Å². The Bertz CT molecular complexity index is 697. The largest absolute Gasteiger partial charge is 0.478 e. The molecular weight excluding hydrogens is 304 g/mol. The van der Waals surface area contributed by atoms with Gasteiger partial charge in [0.05, 0.1) is 5.56 Å². The fourth-order valence-corrected chi connectivity index (χ4v) is 3.89. The summed E-state index contributed by atoms with van der Waals surface area (Å²) in [7, 11) is 0. The van der Waals surface area contributed by atoms with Crippen LogP contribution in [-0.4, -0.2) is 11.1 Å². The molecule has 1 aliphatic carbocycles. The molecule has 0 amide bonds. The number of rotatable bonds is 4. The first-order valence-corrected chi connectivity index (χ1v) is 8.26. The van der Waals surface area contributed by atoms with Crippen molar-refractivity contribution in [1.82, 2.24) is 0 Å². The van der Waals surface area contributed by atoms with E-state index in [4.69, 9.17) is 16.7 Å². The summed E-state index contributed by atoms with van der Waals surface area (Å²) in [5, 5.41) is 9.45. The molecule has 4 heteroatoms. The zero-order valence-electron chi connectivity index (χ0n) is 11.4. The van der Waals surface area contributed by atoms with Gasteiger partial charge in [-0.25, -0.2) is 4.79 Å². The number of carbonyl (C=O) groups is 1. The second kappa shape index (κ2) is 6.12. The molecule has 0 fully saturated rings. The number of hydrogen-bond donors (Lipinski definition) is 1. The van der Waals surface area contributed by atoms with Gasteiger partial charge in [0, 0.05) is 15.7 Å². The summed E-state index contributed by atoms with van der Waals surface area (Å²) < 4.78 is 0. The van der Waals surface area contributed by atoms with E-state index in [1.807, 2.05) is 0 Å². The molecule has 2 nitrogen and oxygen atoms in total. The summed E-state index contributed by atoms with van der Waals surface area (Å²) in [6, 6.07) is 11.6. The molecule has 21 heavy (non-hydrogen) atoms. The van der Waals surface area contributed by atoms with Gasteiger partial charge in [-0.05, 0) is 60.2 Å². The van der Waals surface area contributed by atoms with E-state index in [1.165, 1.54) is 41.4 Å². The monoisotopic (exact) mass is 318 g/mol. The van der Waals surface area contributed by atoms with E-state index in [0.717, 1.165) is 11.3 Å². The Morgan fingerprint density at radius 2 is 1.95 bits per heavy atom. The van der Waals surface area contributed by atoms with E-state index < -0.39 is 5.97 Å². The van der Waals surface area contributed by atoms with Crippen molar-refractivity contribution in [3.8, 4) is 0 Å². The van der Waals surface area contributed by atoms with Crippen molar-refractivity contribution in [1.29, 1.82) is 0 Å². The molecule has 1 aliphatic rings. The van der Waals surface area contributed by atoms with E-state index in [0.29, 0.717) is 5.02 Å². The van der Waals surface area contributed by atoms with Crippen molar-refractivity contribution in [3.05, 3.63) is 63.7 Å². The third-order valence-electron chi connectivity index (χ3n) is 3.76. The minimum Gasteiger partial charge on any atom is -0.478 e. The molecule has 3 rings (SSSR count). The number of carboxylic acid groups (broad SMARTS) is 1. The number of halogens is 1. The van der Waals surface area contributed by atoms with E-state index in [2.05, 4.69) is 18.2 Å². The first-order chi connectivity index (χ1) is 10.1. The van der Waals surface area contributed by atoms with Crippen LogP contribution >= 0.6 is 23.4 Å². The fraction of sp³-hybridized carbons (Fsp3) is 0.235. The third-order valence-corrected chi connectivity index (χ3v) is 5.16. The lowest BCUT2D eigenvalue weighted by Gasteiger charge is -2.07. The highest BCUT2D eigenvalue weighted by atomic mass is 35.5. The fourth-order valence-electron chi connectivity index (χ4n) is 2.60. The van der Waals surface area contributed by atoms with Gasteiger partial charge in [-0.1, -0.05) is 23.7 Å². The Morgan fingerprint density at radius 1 is 1.14 bits per heavy atom. The molecule has 108 valence electrons. The number of aryl methyl sites for hydroxylation is 2. The quantitative estimate of drug-likeness (QED) is 0.821. The molecule has 2 aromatic carbocycles. The first kappa shape index (κ1) is 14.5. The topological polar surface area (TPSA) is 37.3 Å². The molecule has 0 saturated heterocycles. The molecule has 0 atom stereocenters. The number of hydrogen-bond acceptors (Lipinski definition) is 2. The van der Waals surface area contributed by atoms with Gasteiger partial charge in [0.25, 0.3) is 0 Å². The van der Waals surface area contributed by atoms with Gasteiger partial charge in [-0.2, -0.15) is 0 Å². The highest BCUT2D eigenvalue weighted by Gasteiger charge is 2.12. The second-order valence-corrected chi connectivity index (χ2v) is 6.64. The Labute approximate surface area is 133 Å². The summed E-state index contributed by atoms with van der Waals surface area (Å²) in [5.41, 5.74) is 4.13. The minimum atomic E-state index is -0.949. The third kappa shape index (κ3) is 3.25. The maximum atomic E-state index is 10.9. The molecule has 0 spiro atoms. The second-order valence-electron chi connectivity index (χ2n) is 5.18. The van der Waals surface area contributed by atoms with Gasteiger partial charge in [-0.15, -0.1) is 11.8 Å². The molecule has 0 heterocycles. The molecule has 0 unspecified atom stereocenters. The highest BCUT2D eigenvalue weighted by Crippen LogP contribution is 2.31. The summed E-state index contributed by atoms with van der Waals surface area (Å²) in [4.78, 5) is 12.1. The molecule has 0 bridgehead atoms. The number of aromatic carboxylic acids is 1. The standard InChI is InChI=1S/C17H15ClO2S/c18-16-9-13(17(19)20)4-5-14(16)10-21-15-7-6-11-2-1-3-12(11)8-15/h4-9H,1-3,10H2,(H,19,20). The van der Waals surface area contributed by atoms with Crippen LogP contribution in [0.15, 0.2) is 41.3 Å². The van der Waals surface area contributed by atoms with Crippen LogP contribution < -0.4 is 0 Å². The number of fused-ring (bicyclic) bond motifs is 1. The molecule has 0 saturated carbocycles. The number of benzene rings is 2. The number of carboxylic acids is 1. The average Bonchev–Trinajstić information content (AvgIpc) is 2.93. The Hall–Kier alpha value is -1.45. The maximum absolute atomic E-state index is 10.9. The Kier molecular flexibility index (Phi) is 4.22. The van der Waals surface area contributed by atoms with Crippen molar-refractivity contribution in [3.63, 3.8) is 0 Å². The van der Waals surface area contributed by atoms with Gasteiger partial charge in [-0.3, -0.25) is 0 Å². The van der Waals surface area contributed by atoms with Gasteiger partial charge in [0.1, 0.15) is 0 Å². The first-order valence-electron chi connectivity index (χ1n) is 6.90. The van der Waals surface area contributed by atoms with Crippen molar-refractivity contribution in [2.45, 2.75) is 29.9 Å². The minimum absolute atomic E-state index is 0.228. The summed E-state index contributed by atoms with van der Waals surface area (Å²) in [5.74, 6) is -0.202. The molecule has 1 N–H and O–H groups in total. The van der Waals surface area contributed by atoms with Crippen molar-refractivity contribution in [2.24, 2.45) is 0 Å². The zero-order chi connectivity index (χ0) is 14.8. The lowest BCUT2D eigenvalue weighted by molar-refractivity contribution is 0.0697. The highest BCUT2D eigenvalue weighted by molar-refractivity contribution is 7.98. The van der Waals surface area contributed by atoms with E-state index in [-0.39, 0.29) is 5.56 Å². The van der Waals surface area contributed by atoms with Crippen LogP contribution in [0.5, 0.6) is 0 Å². The predicted octanol–water partition coefficient (Wildman–Crippen LogP) is 4.82. The average molecular weight is 319 g/mol. The van der Waals surface area contributed by atoms with E-state index >= 15 is 0 Å². The van der Waals surface area contributed by atoms with E-state index in [9.17, 15) is 4.79 Å². The maximum Gasteiger partial charge on any atom is 0.335 e. The molecule has 0 radical (unpaired) electrons. The Balaban J connectivity index is 1.71.